The monoisotopic (exact) mass is 143 g/mol. The Kier molecular flexibility index (Phi) is 2.32. The number of piperidine rings is 1. The molecular weight excluding hydrogens is 126 g/mol. The number of likely N-dealkylation sites (N-methyl/N-ethyl adjacent to an activating group) is 1. The van der Waals surface area contributed by atoms with E-state index >= 15 is 0 Å². The van der Waals surface area contributed by atoms with E-state index in [1.807, 2.05) is 0 Å². The van der Waals surface area contributed by atoms with Crippen LogP contribution in [0.1, 0.15) is 20.3 Å². The molecule has 0 aromatic carbocycles. The molecule has 1 heterocycles. The summed E-state index contributed by atoms with van der Waals surface area (Å²) in [6, 6.07) is 0.344. The fraction of sp³-hybridized carbons (Fsp3) is 1.00. The summed E-state index contributed by atoms with van der Waals surface area (Å²) < 4.78 is 0. The van der Waals surface area contributed by atoms with E-state index < -0.39 is 0 Å². The van der Waals surface area contributed by atoms with Crippen LogP contribution in [0.4, 0.5) is 0 Å². The molecule has 0 radical (unpaired) electrons. The Bertz CT molecular complexity index is 104. The highest BCUT2D eigenvalue weighted by atomic mass is 16.3. The zero-order valence-corrected chi connectivity index (χ0v) is 7.04. The predicted octanol–water partition coefficient (Wildman–Crippen LogP) is 0.707. The maximum absolute atomic E-state index is 9.48. The van der Waals surface area contributed by atoms with Gasteiger partial charge in [-0.25, -0.2) is 0 Å². The molecule has 2 heteroatoms. The molecule has 60 valence electrons. The van der Waals surface area contributed by atoms with E-state index in [1.165, 1.54) is 0 Å². The molecule has 0 aliphatic carbocycles. The summed E-state index contributed by atoms with van der Waals surface area (Å²) in [7, 11) is 2.07. The lowest BCUT2D eigenvalue weighted by Gasteiger charge is -2.37. The highest BCUT2D eigenvalue weighted by molar-refractivity contribution is 4.81. The van der Waals surface area contributed by atoms with E-state index in [2.05, 4.69) is 25.8 Å². The second-order valence-corrected chi connectivity index (χ2v) is 3.59. The van der Waals surface area contributed by atoms with Gasteiger partial charge < -0.3 is 10.0 Å². The summed E-state index contributed by atoms with van der Waals surface area (Å²) in [5, 5.41) is 9.48. The molecule has 1 fully saturated rings. The summed E-state index contributed by atoms with van der Waals surface area (Å²) >= 11 is 0. The van der Waals surface area contributed by atoms with Gasteiger partial charge in [0.15, 0.2) is 0 Å². The van der Waals surface area contributed by atoms with Crippen LogP contribution in [0, 0.1) is 5.92 Å². The Morgan fingerprint density at radius 3 is 2.50 bits per heavy atom. The van der Waals surface area contributed by atoms with Crippen LogP contribution in [0.25, 0.3) is 0 Å². The van der Waals surface area contributed by atoms with Gasteiger partial charge >= 0.3 is 0 Å². The van der Waals surface area contributed by atoms with Crippen molar-refractivity contribution in [3.8, 4) is 0 Å². The average molecular weight is 143 g/mol. The van der Waals surface area contributed by atoms with Crippen molar-refractivity contribution >= 4 is 0 Å². The molecule has 0 unspecified atom stereocenters. The number of aliphatic hydroxyl groups excluding tert-OH is 1. The van der Waals surface area contributed by atoms with Crippen LogP contribution in [-0.4, -0.2) is 35.7 Å². The molecule has 0 bridgehead atoms. The zero-order valence-electron chi connectivity index (χ0n) is 7.04. The molecule has 1 aliphatic rings. The lowest BCUT2D eigenvalue weighted by Crippen LogP contribution is -2.47. The van der Waals surface area contributed by atoms with Gasteiger partial charge in [-0.05, 0) is 26.3 Å². The van der Waals surface area contributed by atoms with Crippen molar-refractivity contribution in [3.05, 3.63) is 0 Å². The van der Waals surface area contributed by atoms with Gasteiger partial charge in [0.05, 0.1) is 6.10 Å². The van der Waals surface area contributed by atoms with Gasteiger partial charge in [0.1, 0.15) is 0 Å². The Morgan fingerprint density at radius 2 is 2.00 bits per heavy atom. The second-order valence-electron chi connectivity index (χ2n) is 3.59. The van der Waals surface area contributed by atoms with Gasteiger partial charge in [0.2, 0.25) is 0 Å². The third kappa shape index (κ3) is 1.50. The molecule has 0 spiro atoms. The Balaban J connectivity index is 2.49. The van der Waals surface area contributed by atoms with Crippen molar-refractivity contribution in [1.82, 2.24) is 4.90 Å². The molecule has 0 aromatic rings. The van der Waals surface area contributed by atoms with Gasteiger partial charge in [0, 0.05) is 12.6 Å². The van der Waals surface area contributed by atoms with Crippen LogP contribution in [0.5, 0.6) is 0 Å². The van der Waals surface area contributed by atoms with Crippen LogP contribution in [-0.2, 0) is 0 Å². The molecular formula is C8H17NO. The Labute approximate surface area is 62.8 Å². The average Bonchev–Trinajstić information content (AvgIpc) is 1.82. The lowest BCUT2D eigenvalue weighted by molar-refractivity contribution is 0.0111. The molecule has 2 nitrogen and oxygen atoms in total. The summed E-state index contributed by atoms with van der Waals surface area (Å²) in [5.74, 6) is 0.649. The van der Waals surface area contributed by atoms with Crippen LogP contribution in [0.15, 0.2) is 0 Å². The summed E-state index contributed by atoms with van der Waals surface area (Å²) in [4.78, 5) is 2.22. The number of aliphatic hydroxyl groups is 1. The van der Waals surface area contributed by atoms with E-state index in [0.29, 0.717) is 12.0 Å². The van der Waals surface area contributed by atoms with Gasteiger partial charge in [0.25, 0.3) is 0 Å². The highest BCUT2D eigenvalue weighted by Crippen LogP contribution is 2.19. The van der Waals surface area contributed by atoms with Gasteiger partial charge in [-0.15, -0.1) is 0 Å². The minimum Gasteiger partial charge on any atom is -0.391 e. The lowest BCUT2D eigenvalue weighted by atomic mass is 9.93. The number of likely N-dealkylation sites (tertiary alicyclic amines) is 1. The maximum atomic E-state index is 9.48. The highest BCUT2D eigenvalue weighted by Gasteiger charge is 2.27. The van der Waals surface area contributed by atoms with Crippen molar-refractivity contribution in [2.75, 3.05) is 13.6 Å². The molecule has 0 saturated carbocycles. The van der Waals surface area contributed by atoms with Crippen molar-refractivity contribution < 1.29 is 5.11 Å². The normalized spacial score (nSPS) is 43.8. The van der Waals surface area contributed by atoms with Gasteiger partial charge in [-0.3, -0.25) is 0 Å². The molecule has 10 heavy (non-hydrogen) atoms. The molecule has 0 aromatic heterocycles. The first-order chi connectivity index (χ1) is 4.61. The first-order valence-corrected chi connectivity index (χ1v) is 3.99. The third-order valence-corrected chi connectivity index (χ3v) is 2.50. The molecule has 1 saturated heterocycles. The molecule has 0 amide bonds. The molecule has 3 atom stereocenters. The van der Waals surface area contributed by atoms with E-state index in [-0.39, 0.29) is 6.10 Å². The fourth-order valence-electron chi connectivity index (χ4n) is 1.64. The van der Waals surface area contributed by atoms with E-state index in [4.69, 9.17) is 0 Å². The molecule has 1 rings (SSSR count). The minimum atomic E-state index is -0.117. The minimum absolute atomic E-state index is 0.117. The third-order valence-electron chi connectivity index (χ3n) is 2.50. The van der Waals surface area contributed by atoms with E-state index in [9.17, 15) is 5.11 Å². The number of nitrogens with zero attached hydrogens (tertiary/aromatic N) is 1. The first kappa shape index (κ1) is 8.02. The zero-order chi connectivity index (χ0) is 7.72. The maximum Gasteiger partial charge on any atom is 0.0695 e. The van der Waals surface area contributed by atoms with Crippen molar-refractivity contribution in [2.45, 2.75) is 32.4 Å². The summed E-state index contributed by atoms with van der Waals surface area (Å²) in [6.45, 7) is 5.39. The Morgan fingerprint density at radius 1 is 1.40 bits per heavy atom. The van der Waals surface area contributed by atoms with Crippen LogP contribution in [0.3, 0.4) is 0 Å². The van der Waals surface area contributed by atoms with E-state index in [0.717, 1.165) is 13.0 Å². The van der Waals surface area contributed by atoms with Crippen molar-refractivity contribution in [1.29, 1.82) is 0 Å². The molecule has 1 N–H and O–H groups in total. The van der Waals surface area contributed by atoms with Crippen LogP contribution >= 0.6 is 0 Å². The standard InChI is InChI=1S/C8H17NO/c1-6-4-8(10)7(2)9(3)5-6/h6-8,10H,4-5H2,1-3H3/t6-,7+,8+/m1/s1. The van der Waals surface area contributed by atoms with Gasteiger partial charge in [-0.1, -0.05) is 6.92 Å². The van der Waals surface area contributed by atoms with Crippen molar-refractivity contribution in [2.24, 2.45) is 5.92 Å². The van der Waals surface area contributed by atoms with Gasteiger partial charge in [-0.2, -0.15) is 0 Å². The van der Waals surface area contributed by atoms with E-state index in [1.54, 1.807) is 0 Å². The fourth-order valence-corrected chi connectivity index (χ4v) is 1.64. The summed E-state index contributed by atoms with van der Waals surface area (Å²) in [6.07, 6.45) is 0.847. The van der Waals surface area contributed by atoms with Crippen LogP contribution in [0.2, 0.25) is 0 Å². The largest absolute Gasteiger partial charge is 0.391 e. The number of hydrogen-bond donors (Lipinski definition) is 1. The predicted molar refractivity (Wildman–Crippen MR) is 41.9 cm³/mol. The number of rotatable bonds is 0. The van der Waals surface area contributed by atoms with Crippen LogP contribution < -0.4 is 0 Å². The Hall–Kier alpha value is -0.0800. The summed E-state index contributed by atoms with van der Waals surface area (Å²) in [5.41, 5.74) is 0. The quantitative estimate of drug-likeness (QED) is 0.540. The second kappa shape index (κ2) is 2.89. The van der Waals surface area contributed by atoms with Crippen molar-refractivity contribution in [3.63, 3.8) is 0 Å². The first-order valence-electron chi connectivity index (χ1n) is 3.99. The number of hydrogen-bond acceptors (Lipinski definition) is 2. The smallest absolute Gasteiger partial charge is 0.0695 e. The topological polar surface area (TPSA) is 23.5 Å². The molecule has 1 aliphatic heterocycles. The SMILES string of the molecule is C[C@@H]1C[C@H](O)[C@H](C)N(C)C1.